The molecule has 3 heterocycles. The summed E-state index contributed by atoms with van der Waals surface area (Å²) >= 11 is 2.97. The maximum Gasteiger partial charge on any atom is 0.337 e. The maximum absolute atomic E-state index is 13.1. The van der Waals surface area contributed by atoms with Crippen molar-refractivity contribution in [2.24, 2.45) is 0 Å². The van der Waals surface area contributed by atoms with Crippen molar-refractivity contribution in [3.8, 4) is 5.69 Å². The molecule has 0 amide bonds. The van der Waals surface area contributed by atoms with E-state index in [2.05, 4.69) is 16.3 Å². The molecule has 5 aromatic rings. The number of rotatable bonds is 6. The van der Waals surface area contributed by atoms with Crippen LogP contribution in [0.4, 0.5) is 0 Å². The summed E-state index contributed by atoms with van der Waals surface area (Å²) in [6, 6.07) is 17.1. The minimum atomic E-state index is -0.378. The molecule has 0 N–H and O–H groups in total. The van der Waals surface area contributed by atoms with Gasteiger partial charge in [-0.3, -0.25) is 9.20 Å². The molecule has 9 heteroatoms. The van der Waals surface area contributed by atoms with Crippen LogP contribution in [0.3, 0.4) is 0 Å². The van der Waals surface area contributed by atoms with E-state index in [1.54, 1.807) is 23.5 Å². The average Bonchev–Trinajstić information content (AvgIpc) is 3.49. The predicted molar refractivity (Wildman–Crippen MR) is 130 cm³/mol. The Kier molecular flexibility index (Phi) is 5.51. The first kappa shape index (κ1) is 21.4. The highest BCUT2D eigenvalue weighted by atomic mass is 32.2. The number of ether oxygens (including phenoxy) is 1. The van der Waals surface area contributed by atoms with Crippen LogP contribution in [0.2, 0.25) is 0 Å². The first-order chi connectivity index (χ1) is 16.0. The fraction of sp³-hybridized carbons (Fsp3) is 0.167. The number of carbonyl (C=O) groups is 2. The normalized spacial score (nSPS) is 11.4. The number of thiazole rings is 1. The number of para-hydroxylation sites is 1. The number of ketones is 1. The third kappa shape index (κ3) is 3.73. The summed E-state index contributed by atoms with van der Waals surface area (Å²) in [5, 5.41) is 9.27. The van der Waals surface area contributed by atoms with E-state index in [0.717, 1.165) is 32.3 Å². The second kappa shape index (κ2) is 8.49. The van der Waals surface area contributed by atoms with Gasteiger partial charge in [-0.2, -0.15) is 0 Å². The van der Waals surface area contributed by atoms with Crippen LogP contribution >= 0.6 is 23.1 Å². The molecule has 7 nitrogen and oxygen atoms in total. The number of fused-ring (bicyclic) bond motifs is 3. The van der Waals surface area contributed by atoms with E-state index in [1.807, 2.05) is 59.2 Å². The van der Waals surface area contributed by atoms with Crippen LogP contribution in [0, 0.1) is 13.8 Å². The summed E-state index contributed by atoms with van der Waals surface area (Å²) in [5.41, 5.74) is 4.89. The highest BCUT2D eigenvalue weighted by Gasteiger charge is 2.19. The van der Waals surface area contributed by atoms with Crippen molar-refractivity contribution in [3.05, 3.63) is 77.1 Å². The van der Waals surface area contributed by atoms with Crippen LogP contribution in [0.25, 0.3) is 20.9 Å². The van der Waals surface area contributed by atoms with Crippen molar-refractivity contribution in [2.75, 3.05) is 12.9 Å². The molecule has 0 bridgehead atoms. The summed E-state index contributed by atoms with van der Waals surface area (Å²) in [7, 11) is 1.36. The van der Waals surface area contributed by atoms with Gasteiger partial charge in [0.1, 0.15) is 0 Å². The summed E-state index contributed by atoms with van der Waals surface area (Å²) in [5.74, 6) is -0.0884. The van der Waals surface area contributed by atoms with Gasteiger partial charge >= 0.3 is 5.97 Å². The largest absolute Gasteiger partial charge is 0.465 e. The lowest BCUT2D eigenvalue weighted by molar-refractivity contribution is 0.0600. The van der Waals surface area contributed by atoms with E-state index in [-0.39, 0.29) is 17.5 Å². The molecule has 0 aliphatic heterocycles. The van der Waals surface area contributed by atoms with Gasteiger partial charge in [-0.15, -0.1) is 10.2 Å². The number of thioether (sulfide) groups is 1. The molecule has 0 atom stereocenters. The van der Waals surface area contributed by atoms with Gasteiger partial charge in [-0.1, -0.05) is 35.2 Å². The van der Waals surface area contributed by atoms with Crippen LogP contribution in [-0.2, 0) is 4.74 Å². The average molecular weight is 477 g/mol. The van der Waals surface area contributed by atoms with Gasteiger partial charge in [0, 0.05) is 22.6 Å². The van der Waals surface area contributed by atoms with Gasteiger partial charge in [0.15, 0.2) is 10.9 Å². The third-order valence-electron chi connectivity index (χ3n) is 5.52. The summed E-state index contributed by atoms with van der Waals surface area (Å²) in [4.78, 5) is 25.7. The number of hydrogen-bond acceptors (Lipinski definition) is 7. The fourth-order valence-corrected chi connectivity index (χ4v) is 5.81. The zero-order valence-electron chi connectivity index (χ0n) is 18.2. The Bertz CT molecular complexity index is 1510. The van der Waals surface area contributed by atoms with Crippen molar-refractivity contribution in [1.29, 1.82) is 0 Å². The molecule has 2 aromatic carbocycles. The van der Waals surface area contributed by atoms with Gasteiger partial charge in [0.25, 0.3) is 0 Å². The van der Waals surface area contributed by atoms with E-state index in [1.165, 1.54) is 18.9 Å². The van der Waals surface area contributed by atoms with Gasteiger partial charge < -0.3 is 9.30 Å². The topological polar surface area (TPSA) is 78.5 Å². The van der Waals surface area contributed by atoms with Crippen LogP contribution in [0.1, 0.15) is 32.1 Å². The number of aromatic nitrogens is 4. The first-order valence-corrected chi connectivity index (χ1v) is 12.0. The Morgan fingerprint density at radius 2 is 1.82 bits per heavy atom. The molecule has 5 rings (SSSR count). The number of esters is 1. The van der Waals surface area contributed by atoms with Gasteiger partial charge in [-0.25, -0.2) is 4.79 Å². The lowest BCUT2D eigenvalue weighted by Crippen LogP contribution is -2.06. The molecule has 0 saturated heterocycles. The molecule has 0 aliphatic rings. The second-order valence-electron chi connectivity index (χ2n) is 7.54. The van der Waals surface area contributed by atoms with Gasteiger partial charge in [0.2, 0.25) is 4.96 Å². The van der Waals surface area contributed by atoms with E-state index >= 15 is 0 Å². The van der Waals surface area contributed by atoms with E-state index in [9.17, 15) is 9.59 Å². The molecular weight excluding hydrogens is 456 g/mol. The number of hydrogen-bond donors (Lipinski definition) is 0. The maximum atomic E-state index is 13.1. The summed E-state index contributed by atoms with van der Waals surface area (Å²) in [6.45, 7) is 3.89. The number of Topliss-reactive ketones (excluding diaryl/α,β-unsaturated/α-hetero) is 1. The van der Waals surface area contributed by atoms with Gasteiger partial charge in [0.05, 0.1) is 28.6 Å². The molecule has 0 aliphatic carbocycles. The van der Waals surface area contributed by atoms with Crippen molar-refractivity contribution < 1.29 is 14.3 Å². The van der Waals surface area contributed by atoms with Crippen LogP contribution in [-0.4, -0.2) is 43.8 Å². The molecule has 3 aromatic heterocycles. The van der Waals surface area contributed by atoms with Crippen molar-refractivity contribution in [1.82, 2.24) is 19.2 Å². The third-order valence-corrected chi connectivity index (χ3v) is 7.46. The monoisotopic (exact) mass is 476 g/mol. The van der Waals surface area contributed by atoms with E-state index in [0.29, 0.717) is 16.3 Å². The zero-order chi connectivity index (χ0) is 23.1. The predicted octanol–water partition coefficient (Wildman–Crippen LogP) is 5.11. The van der Waals surface area contributed by atoms with Crippen LogP contribution in [0.15, 0.2) is 59.8 Å². The Morgan fingerprint density at radius 1 is 1.06 bits per heavy atom. The minimum absolute atomic E-state index is 0.0295. The molecule has 0 fully saturated rings. The molecule has 0 radical (unpaired) electrons. The Hall–Kier alpha value is -3.43. The molecule has 0 saturated carbocycles. The SMILES string of the molecule is COC(=O)c1ccc(-n2c(C)cc(C(=O)CSc3nnc4sc5ccccc5n34)c2C)cc1. The second-order valence-corrected chi connectivity index (χ2v) is 9.49. The molecule has 166 valence electrons. The van der Waals surface area contributed by atoms with Crippen LogP contribution < -0.4 is 0 Å². The van der Waals surface area contributed by atoms with Crippen molar-refractivity contribution in [3.63, 3.8) is 0 Å². The quantitative estimate of drug-likeness (QED) is 0.192. The van der Waals surface area contributed by atoms with E-state index in [4.69, 9.17) is 4.74 Å². The smallest absolute Gasteiger partial charge is 0.337 e. The Morgan fingerprint density at radius 3 is 2.58 bits per heavy atom. The molecule has 0 spiro atoms. The molecule has 33 heavy (non-hydrogen) atoms. The van der Waals surface area contributed by atoms with Crippen LogP contribution in [0.5, 0.6) is 0 Å². The molecular formula is C24H20N4O3S2. The Labute approximate surface area is 198 Å². The van der Waals surface area contributed by atoms with E-state index < -0.39 is 0 Å². The fourth-order valence-electron chi connectivity index (χ4n) is 3.96. The number of methoxy groups -OCH3 is 1. The van der Waals surface area contributed by atoms with Gasteiger partial charge in [-0.05, 0) is 56.3 Å². The lowest BCUT2D eigenvalue weighted by Gasteiger charge is -2.10. The molecule has 0 unspecified atom stereocenters. The number of aryl methyl sites for hydroxylation is 1. The lowest BCUT2D eigenvalue weighted by atomic mass is 10.2. The summed E-state index contributed by atoms with van der Waals surface area (Å²) in [6.07, 6.45) is 0. The zero-order valence-corrected chi connectivity index (χ0v) is 19.9. The highest BCUT2D eigenvalue weighted by molar-refractivity contribution is 7.99. The summed E-state index contributed by atoms with van der Waals surface area (Å²) < 4.78 is 9.92. The first-order valence-electron chi connectivity index (χ1n) is 10.2. The highest BCUT2D eigenvalue weighted by Crippen LogP contribution is 2.30. The number of nitrogens with zero attached hydrogens (tertiary/aromatic N) is 4. The minimum Gasteiger partial charge on any atom is -0.465 e. The van der Waals surface area contributed by atoms with Crippen molar-refractivity contribution >= 4 is 50.0 Å². The Balaban J connectivity index is 1.39. The number of benzene rings is 2. The number of carbonyl (C=O) groups excluding carboxylic acids is 2. The van der Waals surface area contributed by atoms with Crippen molar-refractivity contribution in [2.45, 2.75) is 19.0 Å². The standard InChI is InChI=1S/C24H20N4O3S2/c1-14-12-18(15(2)27(14)17-10-8-16(9-11-17)22(30)31-3)20(29)13-32-23-25-26-24-28(23)19-6-4-5-7-21(19)33-24/h4-12H,13H2,1-3H3.